The van der Waals surface area contributed by atoms with Gasteiger partial charge in [0, 0.05) is 17.8 Å². The van der Waals surface area contributed by atoms with Gasteiger partial charge in [0.2, 0.25) is 0 Å². The highest BCUT2D eigenvalue weighted by molar-refractivity contribution is 7.16. The van der Waals surface area contributed by atoms with E-state index in [1.165, 1.54) is 4.88 Å². The van der Waals surface area contributed by atoms with Crippen molar-refractivity contribution in [1.82, 2.24) is 4.90 Å². The lowest BCUT2D eigenvalue weighted by atomic mass is 10.2. The standard InChI is InChI=1S/C11H18ClN3OS/c1-15(7-3-2-4-11(13)14-16)8-9-5-6-10(12)17-9/h5-6,16H,2-4,7-8H2,1H3,(H2,13,14). The fourth-order valence-corrected chi connectivity index (χ4v) is 2.69. The van der Waals surface area contributed by atoms with Crippen LogP contribution in [0.2, 0.25) is 4.34 Å². The van der Waals surface area contributed by atoms with Crippen LogP contribution in [0.5, 0.6) is 0 Å². The summed E-state index contributed by atoms with van der Waals surface area (Å²) in [4.78, 5) is 3.52. The fourth-order valence-electron chi connectivity index (χ4n) is 1.52. The van der Waals surface area contributed by atoms with E-state index in [9.17, 15) is 0 Å². The second kappa shape index (κ2) is 7.53. The van der Waals surface area contributed by atoms with Crippen LogP contribution < -0.4 is 5.73 Å². The molecule has 1 aromatic rings. The first-order chi connectivity index (χ1) is 8.11. The second-order valence-corrected chi connectivity index (χ2v) is 5.79. The predicted molar refractivity (Wildman–Crippen MR) is 72.9 cm³/mol. The number of hydrogen-bond acceptors (Lipinski definition) is 4. The van der Waals surface area contributed by atoms with E-state index >= 15 is 0 Å². The Morgan fingerprint density at radius 1 is 1.53 bits per heavy atom. The molecule has 0 saturated carbocycles. The van der Waals surface area contributed by atoms with E-state index in [4.69, 9.17) is 22.5 Å². The third-order valence-electron chi connectivity index (χ3n) is 2.41. The molecule has 0 saturated heterocycles. The first kappa shape index (κ1) is 14.3. The molecule has 6 heteroatoms. The van der Waals surface area contributed by atoms with Crippen LogP contribution >= 0.6 is 22.9 Å². The zero-order chi connectivity index (χ0) is 12.7. The van der Waals surface area contributed by atoms with E-state index in [2.05, 4.69) is 23.2 Å². The molecule has 0 aliphatic heterocycles. The molecule has 0 atom stereocenters. The molecule has 0 unspecified atom stereocenters. The Labute approximate surface area is 111 Å². The molecule has 1 rings (SSSR count). The lowest BCUT2D eigenvalue weighted by Crippen LogP contribution is -2.19. The van der Waals surface area contributed by atoms with E-state index in [0.29, 0.717) is 12.3 Å². The van der Waals surface area contributed by atoms with Gasteiger partial charge in [-0.1, -0.05) is 16.8 Å². The van der Waals surface area contributed by atoms with Gasteiger partial charge in [0.05, 0.1) is 4.34 Å². The van der Waals surface area contributed by atoms with Crippen molar-refractivity contribution in [1.29, 1.82) is 0 Å². The zero-order valence-electron chi connectivity index (χ0n) is 9.90. The summed E-state index contributed by atoms with van der Waals surface area (Å²) in [5.41, 5.74) is 5.39. The lowest BCUT2D eigenvalue weighted by molar-refractivity contribution is 0.313. The second-order valence-electron chi connectivity index (χ2n) is 3.99. The Morgan fingerprint density at radius 2 is 2.29 bits per heavy atom. The zero-order valence-corrected chi connectivity index (χ0v) is 11.5. The molecule has 0 radical (unpaired) electrons. The van der Waals surface area contributed by atoms with E-state index in [1.807, 2.05) is 6.07 Å². The van der Waals surface area contributed by atoms with Gasteiger partial charge in [-0.05, 0) is 38.6 Å². The lowest BCUT2D eigenvalue weighted by Gasteiger charge is -2.15. The van der Waals surface area contributed by atoms with E-state index in [-0.39, 0.29) is 0 Å². The molecule has 0 amide bonds. The highest BCUT2D eigenvalue weighted by Crippen LogP contribution is 2.22. The molecule has 1 aromatic heterocycles. The van der Waals surface area contributed by atoms with Crippen molar-refractivity contribution < 1.29 is 5.21 Å². The Hall–Kier alpha value is -0.780. The predicted octanol–water partition coefficient (Wildman–Crippen LogP) is 2.75. The van der Waals surface area contributed by atoms with Crippen molar-refractivity contribution >= 4 is 28.8 Å². The van der Waals surface area contributed by atoms with Crippen LogP contribution in [0.4, 0.5) is 0 Å². The minimum Gasteiger partial charge on any atom is -0.409 e. The van der Waals surface area contributed by atoms with Gasteiger partial charge in [0.1, 0.15) is 5.84 Å². The molecular formula is C11H18ClN3OS. The molecule has 4 nitrogen and oxygen atoms in total. The van der Waals surface area contributed by atoms with E-state index in [0.717, 1.165) is 30.3 Å². The summed E-state index contributed by atoms with van der Waals surface area (Å²) < 4.78 is 0.834. The molecule has 0 aromatic carbocycles. The van der Waals surface area contributed by atoms with Gasteiger partial charge in [-0.3, -0.25) is 0 Å². The van der Waals surface area contributed by atoms with Crippen LogP contribution in [-0.2, 0) is 6.54 Å². The fraction of sp³-hybridized carbons (Fsp3) is 0.545. The summed E-state index contributed by atoms with van der Waals surface area (Å²) >= 11 is 7.49. The van der Waals surface area contributed by atoms with Crippen LogP contribution in [0.3, 0.4) is 0 Å². The van der Waals surface area contributed by atoms with Gasteiger partial charge in [-0.2, -0.15) is 0 Å². The van der Waals surface area contributed by atoms with E-state index in [1.54, 1.807) is 11.3 Å². The maximum Gasteiger partial charge on any atom is 0.139 e. The SMILES string of the molecule is CN(CCCC/C(N)=N/O)Cc1ccc(Cl)s1. The molecule has 0 fully saturated rings. The largest absolute Gasteiger partial charge is 0.409 e. The molecule has 0 aliphatic rings. The van der Waals surface area contributed by atoms with Crippen molar-refractivity contribution in [2.75, 3.05) is 13.6 Å². The highest BCUT2D eigenvalue weighted by Gasteiger charge is 2.03. The minimum atomic E-state index is 0.303. The molecule has 1 heterocycles. The monoisotopic (exact) mass is 275 g/mol. The average molecular weight is 276 g/mol. The van der Waals surface area contributed by atoms with Crippen LogP contribution in [0, 0.1) is 0 Å². The molecule has 17 heavy (non-hydrogen) atoms. The van der Waals surface area contributed by atoms with Gasteiger partial charge < -0.3 is 15.8 Å². The number of halogens is 1. The quantitative estimate of drug-likeness (QED) is 0.264. The number of rotatable bonds is 7. The topological polar surface area (TPSA) is 61.8 Å². The van der Waals surface area contributed by atoms with Crippen molar-refractivity contribution in [3.63, 3.8) is 0 Å². The Bertz CT molecular complexity index is 367. The Kier molecular flexibility index (Phi) is 6.32. The number of oxime groups is 1. The maximum absolute atomic E-state index is 8.38. The van der Waals surface area contributed by atoms with Crippen molar-refractivity contribution in [3.8, 4) is 0 Å². The third kappa shape index (κ3) is 5.91. The van der Waals surface area contributed by atoms with Gasteiger partial charge in [-0.25, -0.2) is 0 Å². The first-order valence-electron chi connectivity index (χ1n) is 5.51. The molecule has 96 valence electrons. The average Bonchev–Trinajstić information content (AvgIpc) is 2.69. The highest BCUT2D eigenvalue weighted by atomic mass is 35.5. The van der Waals surface area contributed by atoms with Crippen molar-refractivity contribution in [2.45, 2.75) is 25.8 Å². The molecule has 0 bridgehead atoms. The smallest absolute Gasteiger partial charge is 0.139 e. The first-order valence-corrected chi connectivity index (χ1v) is 6.70. The van der Waals surface area contributed by atoms with Gasteiger partial charge in [0.15, 0.2) is 0 Å². The maximum atomic E-state index is 8.38. The summed E-state index contributed by atoms with van der Waals surface area (Å²) in [6.45, 7) is 1.91. The molecule has 0 aliphatic carbocycles. The minimum absolute atomic E-state index is 0.303. The van der Waals surface area contributed by atoms with Crippen LogP contribution in [0.15, 0.2) is 17.3 Å². The summed E-state index contributed by atoms with van der Waals surface area (Å²) in [5, 5.41) is 11.3. The van der Waals surface area contributed by atoms with Gasteiger partial charge in [0.25, 0.3) is 0 Å². The van der Waals surface area contributed by atoms with E-state index < -0.39 is 0 Å². The third-order valence-corrected chi connectivity index (χ3v) is 3.62. The number of nitrogens with two attached hydrogens (primary N) is 1. The number of thiophene rings is 1. The molecular weight excluding hydrogens is 258 g/mol. The molecule has 3 N–H and O–H groups in total. The summed E-state index contributed by atoms with van der Waals surface area (Å²) in [5.74, 6) is 0.303. The Morgan fingerprint density at radius 3 is 2.88 bits per heavy atom. The van der Waals surface area contributed by atoms with Gasteiger partial charge in [-0.15, -0.1) is 11.3 Å². The van der Waals surface area contributed by atoms with Crippen LogP contribution in [0.1, 0.15) is 24.1 Å². The van der Waals surface area contributed by atoms with Crippen molar-refractivity contribution in [2.24, 2.45) is 10.9 Å². The van der Waals surface area contributed by atoms with Crippen LogP contribution in [-0.4, -0.2) is 29.5 Å². The normalized spacial score (nSPS) is 12.3. The van der Waals surface area contributed by atoms with Crippen molar-refractivity contribution in [3.05, 3.63) is 21.3 Å². The number of unbranched alkanes of at least 4 members (excludes halogenated alkanes) is 1. The number of amidine groups is 1. The van der Waals surface area contributed by atoms with Gasteiger partial charge >= 0.3 is 0 Å². The number of nitrogens with zero attached hydrogens (tertiary/aromatic N) is 2. The summed E-state index contributed by atoms with van der Waals surface area (Å²) in [6.07, 6.45) is 2.62. The number of hydrogen-bond donors (Lipinski definition) is 2. The summed E-state index contributed by atoms with van der Waals surface area (Å²) in [6, 6.07) is 3.98. The Balaban J connectivity index is 2.15. The van der Waals surface area contributed by atoms with Crippen LogP contribution in [0.25, 0.3) is 0 Å². The molecule has 0 spiro atoms. The summed E-state index contributed by atoms with van der Waals surface area (Å²) in [7, 11) is 2.08.